The van der Waals surface area contributed by atoms with Gasteiger partial charge in [-0.15, -0.1) is 0 Å². The molecule has 84 valence electrons. The number of anilines is 2. The van der Waals surface area contributed by atoms with Crippen LogP contribution >= 0.6 is 0 Å². The van der Waals surface area contributed by atoms with E-state index in [9.17, 15) is 0 Å². The maximum atomic E-state index is 5.90. The highest BCUT2D eigenvalue weighted by Gasteiger charge is 2.02. The van der Waals surface area contributed by atoms with Crippen molar-refractivity contribution < 1.29 is 4.42 Å². The summed E-state index contributed by atoms with van der Waals surface area (Å²) in [6.45, 7) is 4.72. The van der Waals surface area contributed by atoms with E-state index in [1.165, 1.54) is 0 Å². The number of nitrogen functional groups attached to an aromatic ring is 1. The van der Waals surface area contributed by atoms with Crippen LogP contribution in [-0.4, -0.2) is 0 Å². The van der Waals surface area contributed by atoms with Crippen molar-refractivity contribution in [2.24, 2.45) is 0 Å². The Hall–Kier alpha value is -1.90. The summed E-state index contributed by atoms with van der Waals surface area (Å²) in [6.07, 6.45) is 1.68. The van der Waals surface area contributed by atoms with Gasteiger partial charge in [0.2, 0.25) is 0 Å². The van der Waals surface area contributed by atoms with Gasteiger partial charge in [-0.3, -0.25) is 0 Å². The molecule has 1 aromatic carbocycles. The molecule has 3 nitrogen and oxygen atoms in total. The fraction of sp³-hybridized carbons (Fsp3) is 0.231. The van der Waals surface area contributed by atoms with Gasteiger partial charge >= 0.3 is 0 Å². The van der Waals surface area contributed by atoms with Crippen LogP contribution in [0.25, 0.3) is 0 Å². The quantitative estimate of drug-likeness (QED) is 0.775. The first-order chi connectivity index (χ1) is 7.66. The van der Waals surface area contributed by atoms with E-state index in [1.807, 2.05) is 38.1 Å². The molecule has 0 unspecified atom stereocenters. The Morgan fingerprint density at radius 1 is 1.25 bits per heavy atom. The molecule has 0 aliphatic carbocycles. The molecule has 0 spiro atoms. The first kappa shape index (κ1) is 10.6. The molecule has 2 rings (SSSR count). The fourth-order valence-corrected chi connectivity index (χ4v) is 1.68. The number of rotatable bonds is 3. The summed E-state index contributed by atoms with van der Waals surface area (Å²) in [5, 5.41) is 3.31. The van der Waals surface area contributed by atoms with Crippen LogP contribution in [0.5, 0.6) is 0 Å². The molecule has 2 aromatic rings. The lowest BCUT2D eigenvalue weighted by Crippen LogP contribution is -2.01. The van der Waals surface area contributed by atoms with Gasteiger partial charge in [0.05, 0.1) is 12.8 Å². The molecule has 1 heterocycles. The molecule has 16 heavy (non-hydrogen) atoms. The molecule has 3 heteroatoms. The molecule has 0 aliphatic heterocycles. The number of nitrogens with two attached hydrogens (primary N) is 1. The second-order valence-corrected chi connectivity index (χ2v) is 3.96. The molecule has 0 fully saturated rings. The lowest BCUT2D eigenvalue weighted by molar-refractivity contribution is 0.518. The van der Waals surface area contributed by atoms with E-state index >= 15 is 0 Å². The maximum absolute atomic E-state index is 5.90. The molecule has 0 amide bonds. The van der Waals surface area contributed by atoms with Gasteiger partial charge in [-0.05, 0) is 49.2 Å². The Balaban J connectivity index is 2.10. The van der Waals surface area contributed by atoms with Crippen molar-refractivity contribution in [3.05, 3.63) is 47.4 Å². The summed E-state index contributed by atoms with van der Waals surface area (Å²) in [5.41, 5.74) is 10.0. The van der Waals surface area contributed by atoms with Crippen molar-refractivity contribution in [3.8, 4) is 0 Å². The van der Waals surface area contributed by atoms with Crippen LogP contribution < -0.4 is 11.1 Å². The Morgan fingerprint density at radius 2 is 1.94 bits per heavy atom. The third-order valence-electron chi connectivity index (χ3n) is 2.64. The monoisotopic (exact) mass is 216 g/mol. The highest BCUT2D eigenvalue weighted by atomic mass is 16.3. The van der Waals surface area contributed by atoms with E-state index in [0.717, 1.165) is 28.3 Å². The minimum atomic E-state index is 0.690. The van der Waals surface area contributed by atoms with Crippen LogP contribution in [0.1, 0.15) is 16.9 Å². The number of hydrogen-bond donors (Lipinski definition) is 2. The van der Waals surface area contributed by atoms with Crippen molar-refractivity contribution in [1.29, 1.82) is 0 Å². The topological polar surface area (TPSA) is 51.2 Å². The van der Waals surface area contributed by atoms with Crippen molar-refractivity contribution in [1.82, 2.24) is 0 Å². The number of aryl methyl sites for hydroxylation is 2. The summed E-state index contributed by atoms with van der Waals surface area (Å²) in [6, 6.07) is 7.93. The van der Waals surface area contributed by atoms with Crippen LogP contribution in [0.2, 0.25) is 0 Å². The van der Waals surface area contributed by atoms with E-state index in [1.54, 1.807) is 6.26 Å². The van der Waals surface area contributed by atoms with Gasteiger partial charge in [-0.1, -0.05) is 0 Å². The van der Waals surface area contributed by atoms with Crippen LogP contribution in [0.4, 0.5) is 11.4 Å². The summed E-state index contributed by atoms with van der Waals surface area (Å²) < 4.78 is 5.25. The third-order valence-corrected chi connectivity index (χ3v) is 2.64. The normalized spacial score (nSPS) is 10.4. The van der Waals surface area contributed by atoms with Gasteiger partial charge in [-0.25, -0.2) is 0 Å². The van der Waals surface area contributed by atoms with Gasteiger partial charge in [0.25, 0.3) is 0 Å². The highest BCUT2D eigenvalue weighted by molar-refractivity contribution is 5.61. The largest absolute Gasteiger partial charge is 0.467 e. The molecule has 0 saturated carbocycles. The minimum Gasteiger partial charge on any atom is -0.467 e. The Bertz CT molecular complexity index is 452. The van der Waals surface area contributed by atoms with E-state index in [4.69, 9.17) is 10.2 Å². The van der Waals surface area contributed by atoms with Crippen LogP contribution in [0, 0.1) is 13.8 Å². The predicted molar refractivity (Wildman–Crippen MR) is 66.4 cm³/mol. The summed E-state index contributed by atoms with van der Waals surface area (Å²) in [4.78, 5) is 0. The molecule has 3 N–H and O–H groups in total. The molecular weight excluding hydrogens is 200 g/mol. The summed E-state index contributed by atoms with van der Waals surface area (Å²) in [5.74, 6) is 0.923. The van der Waals surface area contributed by atoms with Crippen LogP contribution in [0.3, 0.4) is 0 Å². The molecule has 0 radical (unpaired) electrons. The van der Waals surface area contributed by atoms with E-state index < -0.39 is 0 Å². The Morgan fingerprint density at radius 3 is 2.50 bits per heavy atom. The first-order valence-electron chi connectivity index (χ1n) is 5.30. The first-order valence-corrected chi connectivity index (χ1v) is 5.30. The number of nitrogens with one attached hydrogen (secondary N) is 1. The van der Waals surface area contributed by atoms with Crippen molar-refractivity contribution in [3.63, 3.8) is 0 Å². The molecular formula is C13H16N2O. The third kappa shape index (κ3) is 2.19. The van der Waals surface area contributed by atoms with Crippen LogP contribution in [0.15, 0.2) is 34.9 Å². The number of furan rings is 1. The standard InChI is InChI=1S/C13H16N2O/c1-9-6-11(7-10(2)13(9)14)15-8-12-4-3-5-16-12/h3-7,15H,8,14H2,1-2H3. The van der Waals surface area contributed by atoms with Gasteiger partial charge in [0.1, 0.15) is 5.76 Å². The smallest absolute Gasteiger partial charge is 0.122 e. The molecule has 0 saturated heterocycles. The van der Waals surface area contributed by atoms with Crippen molar-refractivity contribution >= 4 is 11.4 Å². The zero-order valence-electron chi connectivity index (χ0n) is 9.58. The van der Waals surface area contributed by atoms with Crippen LogP contribution in [-0.2, 0) is 6.54 Å². The van der Waals surface area contributed by atoms with Gasteiger partial charge < -0.3 is 15.5 Å². The van der Waals surface area contributed by atoms with E-state index in [2.05, 4.69) is 5.32 Å². The Labute approximate surface area is 95.3 Å². The average Bonchev–Trinajstić information content (AvgIpc) is 2.75. The second-order valence-electron chi connectivity index (χ2n) is 3.96. The van der Waals surface area contributed by atoms with E-state index in [0.29, 0.717) is 6.54 Å². The van der Waals surface area contributed by atoms with E-state index in [-0.39, 0.29) is 0 Å². The minimum absolute atomic E-state index is 0.690. The predicted octanol–water partition coefficient (Wildman–Crippen LogP) is 3.09. The SMILES string of the molecule is Cc1cc(NCc2ccco2)cc(C)c1N. The zero-order valence-corrected chi connectivity index (χ0v) is 9.58. The molecule has 0 bridgehead atoms. The highest BCUT2D eigenvalue weighted by Crippen LogP contribution is 2.22. The van der Waals surface area contributed by atoms with Gasteiger partial charge in [0, 0.05) is 11.4 Å². The second kappa shape index (κ2) is 4.31. The van der Waals surface area contributed by atoms with Crippen molar-refractivity contribution in [2.75, 3.05) is 11.1 Å². The van der Waals surface area contributed by atoms with Gasteiger partial charge in [-0.2, -0.15) is 0 Å². The Kier molecular flexibility index (Phi) is 2.86. The zero-order chi connectivity index (χ0) is 11.5. The van der Waals surface area contributed by atoms with Gasteiger partial charge in [0.15, 0.2) is 0 Å². The number of benzene rings is 1. The fourth-order valence-electron chi connectivity index (χ4n) is 1.68. The van der Waals surface area contributed by atoms with Crippen molar-refractivity contribution in [2.45, 2.75) is 20.4 Å². The molecule has 0 aliphatic rings. The lowest BCUT2D eigenvalue weighted by Gasteiger charge is -2.10. The lowest BCUT2D eigenvalue weighted by atomic mass is 10.1. The summed E-state index contributed by atoms with van der Waals surface area (Å²) >= 11 is 0. The summed E-state index contributed by atoms with van der Waals surface area (Å²) in [7, 11) is 0. The molecule has 1 aromatic heterocycles. The maximum Gasteiger partial charge on any atom is 0.122 e. The average molecular weight is 216 g/mol. The molecule has 0 atom stereocenters. The number of hydrogen-bond acceptors (Lipinski definition) is 3.